The van der Waals surface area contributed by atoms with E-state index >= 15 is 0 Å². The predicted octanol–water partition coefficient (Wildman–Crippen LogP) is 2.30. The molecule has 4 nitrogen and oxygen atoms in total. The van der Waals surface area contributed by atoms with Crippen LogP contribution >= 0.6 is 11.3 Å². The van der Waals surface area contributed by atoms with Crippen LogP contribution in [-0.4, -0.2) is 42.0 Å². The van der Waals surface area contributed by atoms with E-state index in [0.717, 1.165) is 42.5 Å². The molecule has 1 aliphatic heterocycles. The van der Waals surface area contributed by atoms with Gasteiger partial charge in [-0.2, -0.15) is 0 Å². The minimum absolute atomic E-state index is 0.158. The minimum Gasteiger partial charge on any atom is -0.338 e. The van der Waals surface area contributed by atoms with Crippen LogP contribution in [0.4, 0.5) is 0 Å². The zero-order valence-corrected chi connectivity index (χ0v) is 12.6. The Morgan fingerprint density at radius 3 is 2.84 bits per heavy atom. The number of thiazole rings is 1. The molecule has 5 heteroatoms. The highest BCUT2D eigenvalue weighted by Crippen LogP contribution is 2.18. The molecule has 0 aliphatic carbocycles. The SMILES string of the molecule is CCCN(CC1CCNCC1)C(=O)c1cnc(C)s1. The second kappa shape index (κ2) is 7.01. The molecule has 0 radical (unpaired) electrons. The molecule has 1 saturated heterocycles. The summed E-state index contributed by atoms with van der Waals surface area (Å²) in [6, 6.07) is 0. The number of carbonyl (C=O) groups is 1. The highest BCUT2D eigenvalue weighted by atomic mass is 32.1. The Hall–Kier alpha value is -0.940. The molecule has 0 aromatic carbocycles. The molecule has 2 rings (SSSR count). The Kier molecular flexibility index (Phi) is 5.34. The summed E-state index contributed by atoms with van der Waals surface area (Å²) in [5, 5.41) is 4.33. The molecule has 2 heterocycles. The standard InChI is InChI=1S/C14H23N3OS/c1-3-8-17(10-12-4-6-15-7-5-12)14(18)13-9-16-11(2)19-13/h9,12,15H,3-8,10H2,1-2H3. The van der Waals surface area contributed by atoms with Gasteiger partial charge in [0.2, 0.25) is 0 Å². The fourth-order valence-corrected chi connectivity index (χ4v) is 3.28. The average molecular weight is 281 g/mol. The van der Waals surface area contributed by atoms with Crippen LogP contribution in [0.5, 0.6) is 0 Å². The first-order valence-electron chi connectivity index (χ1n) is 7.13. The monoisotopic (exact) mass is 281 g/mol. The van der Waals surface area contributed by atoms with Gasteiger partial charge in [-0.05, 0) is 45.2 Å². The number of aromatic nitrogens is 1. The van der Waals surface area contributed by atoms with Crippen molar-refractivity contribution in [2.45, 2.75) is 33.1 Å². The lowest BCUT2D eigenvalue weighted by atomic mass is 9.97. The number of carbonyl (C=O) groups excluding carboxylic acids is 1. The highest BCUT2D eigenvalue weighted by Gasteiger charge is 2.22. The van der Waals surface area contributed by atoms with Gasteiger partial charge in [0.05, 0.1) is 11.2 Å². The van der Waals surface area contributed by atoms with Gasteiger partial charge in [0, 0.05) is 13.1 Å². The maximum atomic E-state index is 12.5. The van der Waals surface area contributed by atoms with E-state index in [1.807, 2.05) is 11.8 Å². The second-order valence-electron chi connectivity index (χ2n) is 5.19. The summed E-state index contributed by atoms with van der Waals surface area (Å²) in [7, 11) is 0. The van der Waals surface area contributed by atoms with Crippen molar-refractivity contribution in [1.29, 1.82) is 0 Å². The smallest absolute Gasteiger partial charge is 0.265 e. The number of aryl methyl sites for hydroxylation is 1. The second-order valence-corrected chi connectivity index (χ2v) is 6.42. The van der Waals surface area contributed by atoms with Crippen LogP contribution in [0.1, 0.15) is 40.9 Å². The number of piperidine rings is 1. The van der Waals surface area contributed by atoms with Gasteiger partial charge in [-0.1, -0.05) is 6.92 Å². The van der Waals surface area contributed by atoms with Crippen LogP contribution in [0, 0.1) is 12.8 Å². The van der Waals surface area contributed by atoms with Gasteiger partial charge in [0.15, 0.2) is 0 Å². The highest BCUT2D eigenvalue weighted by molar-refractivity contribution is 7.13. The third-order valence-corrected chi connectivity index (χ3v) is 4.45. The van der Waals surface area contributed by atoms with Gasteiger partial charge < -0.3 is 10.2 Å². The molecule has 106 valence electrons. The molecule has 1 aromatic heterocycles. The number of rotatable bonds is 5. The van der Waals surface area contributed by atoms with Crippen molar-refractivity contribution >= 4 is 17.2 Å². The number of nitrogens with one attached hydrogen (secondary N) is 1. The van der Waals surface area contributed by atoms with Gasteiger partial charge in [-0.3, -0.25) is 4.79 Å². The summed E-state index contributed by atoms with van der Waals surface area (Å²) in [5.41, 5.74) is 0. The lowest BCUT2D eigenvalue weighted by Crippen LogP contribution is -2.39. The molecule has 1 N–H and O–H groups in total. The normalized spacial score (nSPS) is 16.5. The van der Waals surface area contributed by atoms with Crippen LogP contribution in [0.3, 0.4) is 0 Å². The Balaban J connectivity index is 1.99. The minimum atomic E-state index is 0.158. The Morgan fingerprint density at radius 1 is 1.53 bits per heavy atom. The third kappa shape index (κ3) is 4.01. The number of nitrogens with zero attached hydrogens (tertiary/aromatic N) is 2. The summed E-state index contributed by atoms with van der Waals surface area (Å²) in [6.07, 6.45) is 5.08. The van der Waals surface area contributed by atoms with Gasteiger partial charge in [0.1, 0.15) is 4.88 Å². The van der Waals surface area contributed by atoms with Gasteiger partial charge in [-0.15, -0.1) is 11.3 Å². The zero-order valence-electron chi connectivity index (χ0n) is 11.8. The predicted molar refractivity (Wildman–Crippen MR) is 78.6 cm³/mol. The third-order valence-electron chi connectivity index (χ3n) is 3.55. The van der Waals surface area contributed by atoms with E-state index in [0.29, 0.717) is 5.92 Å². The van der Waals surface area contributed by atoms with Gasteiger partial charge in [0.25, 0.3) is 5.91 Å². The van der Waals surface area contributed by atoms with E-state index in [4.69, 9.17) is 0 Å². The van der Waals surface area contributed by atoms with Gasteiger partial charge >= 0.3 is 0 Å². The van der Waals surface area contributed by atoms with Crippen LogP contribution in [0.15, 0.2) is 6.20 Å². The summed E-state index contributed by atoms with van der Waals surface area (Å²) < 4.78 is 0. The van der Waals surface area contributed by atoms with Crippen LogP contribution < -0.4 is 5.32 Å². The molecular formula is C14H23N3OS. The van der Waals surface area contributed by atoms with E-state index in [9.17, 15) is 4.79 Å². The Bertz CT molecular complexity index is 413. The van der Waals surface area contributed by atoms with E-state index < -0.39 is 0 Å². The first-order valence-corrected chi connectivity index (χ1v) is 7.94. The fourth-order valence-electron chi connectivity index (χ4n) is 2.54. The molecule has 19 heavy (non-hydrogen) atoms. The zero-order chi connectivity index (χ0) is 13.7. The van der Waals surface area contributed by atoms with Crippen molar-refractivity contribution in [2.75, 3.05) is 26.2 Å². The summed E-state index contributed by atoms with van der Waals surface area (Å²) in [6.45, 7) is 7.97. The number of hydrogen-bond acceptors (Lipinski definition) is 4. The number of amides is 1. The van der Waals surface area contributed by atoms with Crippen molar-refractivity contribution < 1.29 is 4.79 Å². The molecule has 0 bridgehead atoms. The van der Waals surface area contributed by atoms with Gasteiger partial charge in [-0.25, -0.2) is 4.98 Å². The molecule has 1 aliphatic rings. The summed E-state index contributed by atoms with van der Waals surface area (Å²) in [5.74, 6) is 0.803. The van der Waals surface area contributed by atoms with Crippen molar-refractivity contribution in [3.63, 3.8) is 0 Å². The molecule has 0 saturated carbocycles. The Labute approximate surface area is 119 Å². The van der Waals surface area contributed by atoms with Crippen molar-refractivity contribution in [3.05, 3.63) is 16.1 Å². The van der Waals surface area contributed by atoms with E-state index in [1.165, 1.54) is 24.2 Å². The topological polar surface area (TPSA) is 45.2 Å². The van der Waals surface area contributed by atoms with Crippen molar-refractivity contribution in [3.8, 4) is 0 Å². The van der Waals surface area contributed by atoms with Crippen molar-refractivity contribution in [1.82, 2.24) is 15.2 Å². The summed E-state index contributed by atoms with van der Waals surface area (Å²) in [4.78, 5) is 19.5. The first kappa shape index (κ1) is 14.5. The molecule has 1 aromatic rings. The maximum absolute atomic E-state index is 12.5. The molecule has 0 spiro atoms. The van der Waals surface area contributed by atoms with Crippen LogP contribution in [0.2, 0.25) is 0 Å². The molecule has 1 amide bonds. The van der Waals surface area contributed by atoms with Crippen LogP contribution in [0.25, 0.3) is 0 Å². The molecule has 0 unspecified atom stereocenters. The van der Waals surface area contributed by atoms with E-state index in [1.54, 1.807) is 6.20 Å². The average Bonchev–Trinajstić information content (AvgIpc) is 2.85. The first-order chi connectivity index (χ1) is 9.20. The Morgan fingerprint density at radius 2 is 2.26 bits per heavy atom. The fraction of sp³-hybridized carbons (Fsp3) is 0.714. The molecule has 1 fully saturated rings. The van der Waals surface area contributed by atoms with E-state index in [2.05, 4.69) is 17.2 Å². The lowest BCUT2D eigenvalue weighted by Gasteiger charge is -2.29. The molecule has 0 atom stereocenters. The quantitative estimate of drug-likeness (QED) is 0.901. The summed E-state index contributed by atoms with van der Waals surface area (Å²) >= 11 is 1.50. The van der Waals surface area contributed by atoms with Crippen molar-refractivity contribution in [2.24, 2.45) is 5.92 Å². The largest absolute Gasteiger partial charge is 0.338 e. The lowest BCUT2D eigenvalue weighted by molar-refractivity contribution is 0.0721. The van der Waals surface area contributed by atoms with E-state index in [-0.39, 0.29) is 5.91 Å². The number of hydrogen-bond donors (Lipinski definition) is 1. The maximum Gasteiger partial charge on any atom is 0.265 e. The molecular weight excluding hydrogens is 258 g/mol. The van der Waals surface area contributed by atoms with Crippen LogP contribution in [-0.2, 0) is 0 Å².